The van der Waals surface area contributed by atoms with E-state index < -0.39 is 5.82 Å². The van der Waals surface area contributed by atoms with Crippen LogP contribution in [0.4, 0.5) is 4.39 Å². The Morgan fingerprint density at radius 3 is 2.47 bits per heavy atom. The van der Waals surface area contributed by atoms with E-state index >= 15 is 4.39 Å². The summed E-state index contributed by atoms with van der Waals surface area (Å²) in [6.45, 7) is 11.0. The van der Waals surface area contributed by atoms with Crippen molar-refractivity contribution in [3.63, 3.8) is 0 Å². The molecule has 4 aromatic rings. The molecular weight excluding hydrogens is 457 g/mol. The third-order valence-corrected chi connectivity index (χ3v) is 6.48. The monoisotopic (exact) mass is 487 g/mol. The van der Waals surface area contributed by atoms with Gasteiger partial charge in [-0.2, -0.15) is 0 Å². The van der Waals surface area contributed by atoms with Gasteiger partial charge in [-0.3, -0.25) is 9.20 Å². The summed E-state index contributed by atoms with van der Waals surface area (Å²) in [4.78, 5) is 21.5. The predicted molar refractivity (Wildman–Crippen MR) is 139 cm³/mol. The molecule has 0 atom stereocenters. The first-order valence-electron chi connectivity index (χ1n) is 12.1. The second kappa shape index (κ2) is 8.41. The Bertz CT molecular complexity index is 1560. The molecule has 0 saturated heterocycles. The largest absolute Gasteiger partial charge is 0.507 e. The topological polar surface area (TPSA) is 84.4 Å². The summed E-state index contributed by atoms with van der Waals surface area (Å²) in [5.41, 5.74) is 2.74. The van der Waals surface area contributed by atoms with E-state index in [1.807, 2.05) is 19.2 Å². The first-order chi connectivity index (χ1) is 16.9. The molecule has 4 heterocycles. The third-order valence-electron chi connectivity index (χ3n) is 6.48. The van der Waals surface area contributed by atoms with Crippen molar-refractivity contribution in [3.05, 3.63) is 76.9 Å². The first kappa shape index (κ1) is 23.9. The molecule has 0 bridgehead atoms. The highest BCUT2D eigenvalue weighted by atomic mass is 19.1. The Kier molecular flexibility index (Phi) is 5.59. The van der Waals surface area contributed by atoms with Gasteiger partial charge in [0.05, 0.1) is 17.0 Å². The summed E-state index contributed by atoms with van der Waals surface area (Å²) in [7, 11) is 0. The highest BCUT2D eigenvalue weighted by Crippen LogP contribution is 2.36. The van der Waals surface area contributed by atoms with Crippen molar-refractivity contribution in [1.29, 1.82) is 0 Å². The summed E-state index contributed by atoms with van der Waals surface area (Å²) in [6.07, 6.45) is 8.16. The number of halogens is 1. The van der Waals surface area contributed by atoms with E-state index in [9.17, 15) is 9.90 Å². The summed E-state index contributed by atoms with van der Waals surface area (Å²) in [5, 5.41) is 14.4. The molecule has 1 aliphatic rings. The van der Waals surface area contributed by atoms with E-state index in [4.69, 9.17) is 4.98 Å². The number of benzene rings is 1. The van der Waals surface area contributed by atoms with E-state index in [1.54, 1.807) is 27.4 Å². The average Bonchev–Trinajstić information content (AvgIpc) is 3.19. The van der Waals surface area contributed by atoms with Gasteiger partial charge in [0.2, 0.25) is 5.78 Å². The molecular formula is C28H30FN5O2. The molecule has 186 valence electrons. The Balaban J connectivity index is 1.53. The van der Waals surface area contributed by atoms with Crippen LogP contribution in [-0.2, 0) is 6.54 Å². The Morgan fingerprint density at radius 1 is 1.06 bits per heavy atom. The third kappa shape index (κ3) is 4.44. The number of nitrogens with zero attached hydrogens (tertiary/aromatic N) is 4. The van der Waals surface area contributed by atoms with Crippen LogP contribution in [0.15, 0.2) is 59.8 Å². The van der Waals surface area contributed by atoms with Crippen molar-refractivity contribution in [3.8, 4) is 28.1 Å². The molecule has 0 unspecified atom stereocenters. The van der Waals surface area contributed by atoms with E-state index in [1.165, 1.54) is 18.2 Å². The number of hydrogen-bond donors (Lipinski definition) is 2. The van der Waals surface area contributed by atoms with Crippen LogP contribution < -0.4 is 10.9 Å². The van der Waals surface area contributed by atoms with Crippen LogP contribution in [-0.4, -0.2) is 35.1 Å². The fourth-order valence-corrected chi connectivity index (χ4v) is 5.21. The molecule has 0 amide bonds. The van der Waals surface area contributed by atoms with Crippen LogP contribution in [0.5, 0.6) is 5.75 Å². The number of rotatable bonds is 4. The zero-order chi connectivity index (χ0) is 25.8. The summed E-state index contributed by atoms with van der Waals surface area (Å²) in [5.74, 6) is -0.459. The van der Waals surface area contributed by atoms with Crippen molar-refractivity contribution in [2.45, 2.75) is 58.7 Å². The number of phenolic OH excluding ortho intramolecular Hbond substituents is 1. The van der Waals surface area contributed by atoms with Gasteiger partial charge in [-0.1, -0.05) is 6.08 Å². The molecule has 2 N–H and O–H groups in total. The number of aryl methyl sites for hydroxylation is 1. The number of pyridine rings is 1. The minimum absolute atomic E-state index is 0.00366. The zero-order valence-corrected chi connectivity index (χ0v) is 21.1. The smallest absolute Gasteiger partial charge is 0.251 e. The van der Waals surface area contributed by atoms with Crippen LogP contribution in [0.1, 0.15) is 46.7 Å². The fraction of sp³-hybridized carbons (Fsp3) is 0.321. The van der Waals surface area contributed by atoms with Crippen LogP contribution >= 0.6 is 0 Å². The van der Waals surface area contributed by atoms with Crippen LogP contribution in [0.25, 0.3) is 33.7 Å². The molecule has 7 nitrogen and oxygen atoms in total. The van der Waals surface area contributed by atoms with Crippen molar-refractivity contribution in [1.82, 2.24) is 24.3 Å². The molecule has 3 aromatic heterocycles. The molecule has 1 aromatic carbocycles. The molecule has 0 aliphatic carbocycles. The van der Waals surface area contributed by atoms with Gasteiger partial charge in [0, 0.05) is 42.3 Å². The Hall–Kier alpha value is -3.78. The lowest BCUT2D eigenvalue weighted by Gasteiger charge is -2.41. The lowest BCUT2D eigenvalue weighted by Crippen LogP contribution is -2.53. The fourth-order valence-electron chi connectivity index (χ4n) is 5.21. The van der Waals surface area contributed by atoms with Crippen molar-refractivity contribution in [2.24, 2.45) is 0 Å². The van der Waals surface area contributed by atoms with Gasteiger partial charge in [-0.05, 0) is 82.0 Å². The van der Waals surface area contributed by atoms with Gasteiger partial charge in [0.15, 0.2) is 0 Å². The molecule has 8 heteroatoms. The minimum atomic E-state index is -0.627. The molecule has 5 rings (SSSR count). The number of nitrogens with one attached hydrogen (secondary N) is 1. The first-order valence-corrected chi connectivity index (χ1v) is 12.1. The number of aromatic nitrogens is 4. The van der Waals surface area contributed by atoms with Gasteiger partial charge in [0.25, 0.3) is 5.56 Å². The van der Waals surface area contributed by atoms with E-state index in [0.717, 1.165) is 17.7 Å². The Morgan fingerprint density at radius 2 is 1.81 bits per heavy atom. The van der Waals surface area contributed by atoms with Crippen molar-refractivity contribution in [2.75, 3.05) is 0 Å². The number of fused-ring (bicyclic) bond motifs is 1. The van der Waals surface area contributed by atoms with E-state index in [2.05, 4.69) is 44.1 Å². The highest BCUT2D eigenvalue weighted by molar-refractivity contribution is 5.76. The Labute approximate surface area is 209 Å². The molecule has 36 heavy (non-hydrogen) atoms. The normalized spacial score (nSPS) is 16.8. The lowest BCUT2D eigenvalue weighted by atomic mass is 9.82. The average molecular weight is 488 g/mol. The maximum atomic E-state index is 15.3. The molecule has 1 aliphatic heterocycles. The van der Waals surface area contributed by atoms with Crippen molar-refractivity contribution < 1.29 is 9.50 Å². The minimum Gasteiger partial charge on any atom is -0.507 e. The van der Waals surface area contributed by atoms with Gasteiger partial charge in [0.1, 0.15) is 11.6 Å². The number of aromatic hydroxyl groups is 1. The standard InChI is InChI=1S/C28H30FN5O2/c1-6-33-9-7-17(13-24(33)36)18-11-20(29)25(23(35)12-18)22-16-34-10-8-21(30-26(34)31-22)19-14-27(2,3)32-28(4,5)15-19/h7-14,16,32,35H,6,15H2,1-5H3. The van der Waals surface area contributed by atoms with Gasteiger partial charge in [-0.15, -0.1) is 0 Å². The van der Waals surface area contributed by atoms with Crippen LogP contribution in [0.3, 0.4) is 0 Å². The second-order valence-corrected chi connectivity index (χ2v) is 10.6. The number of hydrogen-bond acceptors (Lipinski definition) is 5. The van der Waals surface area contributed by atoms with Gasteiger partial charge in [-0.25, -0.2) is 14.4 Å². The summed E-state index contributed by atoms with van der Waals surface area (Å²) >= 11 is 0. The summed E-state index contributed by atoms with van der Waals surface area (Å²) < 4.78 is 18.5. The summed E-state index contributed by atoms with van der Waals surface area (Å²) in [6, 6.07) is 7.86. The highest BCUT2D eigenvalue weighted by Gasteiger charge is 2.33. The maximum absolute atomic E-state index is 15.3. The predicted octanol–water partition coefficient (Wildman–Crippen LogP) is 5.02. The van der Waals surface area contributed by atoms with Crippen molar-refractivity contribution >= 4 is 11.4 Å². The van der Waals surface area contributed by atoms with Crippen LogP contribution in [0.2, 0.25) is 0 Å². The molecule has 0 radical (unpaired) electrons. The van der Waals surface area contributed by atoms with Gasteiger partial charge >= 0.3 is 0 Å². The zero-order valence-electron chi connectivity index (χ0n) is 21.1. The quantitative estimate of drug-likeness (QED) is 0.422. The maximum Gasteiger partial charge on any atom is 0.251 e. The second-order valence-electron chi connectivity index (χ2n) is 10.6. The van der Waals surface area contributed by atoms with E-state index in [-0.39, 0.29) is 33.6 Å². The van der Waals surface area contributed by atoms with Crippen LogP contribution in [0, 0.1) is 5.82 Å². The van der Waals surface area contributed by atoms with Gasteiger partial charge < -0.3 is 15.0 Å². The lowest BCUT2D eigenvalue weighted by molar-refractivity contribution is 0.297. The SMILES string of the molecule is CCn1ccc(-c2cc(O)c(-c3cn4ccc(C5=CC(C)(C)NC(C)(C)C5)nc4n3)c(F)c2)cc1=O. The molecule has 0 spiro atoms. The molecule has 0 fully saturated rings. The van der Waals surface area contributed by atoms with E-state index in [0.29, 0.717) is 23.4 Å². The number of imidazole rings is 1. The number of phenols is 1. The molecule has 0 saturated carbocycles.